The number of nitro benzene ring substituents is 1. The molecule has 0 amide bonds. The summed E-state index contributed by atoms with van der Waals surface area (Å²) in [5.74, 6) is 0.207. The molecule has 6 nitrogen and oxygen atoms in total. The van der Waals surface area contributed by atoms with Crippen molar-refractivity contribution < 1.29 is 19.2 Å². The first kappa shape index (κ1) is 16.4. The zero-order valence-corrected chi connectivity index (χ0v) is 13.4. The maximum atomic E-state index is 12.1. The third-order valence-electron chi connectivity index (χ3n) is 3.63. The molecule has 0 bridgehead atoms. The second kappa shape index (κ2) is 7.00. The van der Waals surface area contributed by atoms with Crippen LogP contribution in [0.15, 0.2) is 66.7 Å². The van der Waals surface area contributed by atoms with E-state index in [0.717, 1.165) is 10.8 Å². The number of fused-ring (bicyclic) bond motifs is 1. The number of non-ortho nitro benzene ring substituents is 1. The lowest BCUT2D eigenvalue weighted by Gasteiger charge is -2.14. The van der Waals surface area contributed by atoms with Crippen molar-refractivity contribution in [3.63, 3.8) is 0 Å². The minimum atomic E-state index is -0.823. The van der Waals surface area contributed by atoms with Gasteiger partial charge < -0.3 is 9.47 Å². The molecule has 0 N–H and O–H groups in total. The maximum Gasteiger partial charge on any atom is 0.352 e. The Morgan fingerprint density at radius 1 is 0.960 bits per heavy atom. The Morgan fingerprint density at radius 3 is 2.28 bits per heavy atom. The van der Waals surface area contributed by atoms with E-state index in [1.54, 1.807) is 13.0 Å². The molecule has 0 spiro atoms. The predicted molar refractivity (Wildman–Crippen MR) is 92.8 cm³/mol. The van der Waals surface area contributed by atoms with Gasteiger partial charge in [-0.25, -0.2) is 4.79 Å². The summed E-state index contributed by atoms with van der Waals surface area (Å²) in [6, 6.07) is 18.7. The fourth-order valence-electron chi connectivity index (χ4n) is 2.33. The second-order valence-corrected chi connectivity index (χ2v) is 5.44. The van der Waals surface area contributed by atoms with Gasteiger partial charge >= 0.3 is 5.97 Å². The van der Waals surface area contributed by atoms with Crippen molar-refractivity contribution in [1.29, 1.82) is 0 Å². The van der Waals surface area contributed by atoms with Crippen LogP contribution in [0.25, 0.3) is 10.8 Å². The average molecular weight is 337 g/mol. The van der Waals surface area contributed by atoms with Gasteiger partial charge in [-0.15, -0.1) is 0 Å². The lowest BCUT2D eigenvalue weighted by molar-refractivity contribution is -0.384. The van der Waals surface area contributed by atoms with Gasteiger partial charge in [0.15, 0.2) is 6.10 Å². The van der Waals surface area contributed by atoms with Crippen molar-refractivity contribution in [1.82, 2.24) is 0 Å². The van der Waals surface area contributed by atoms with E-state index in [1.165, 1.54) is 24.3 Å². The number of rotatable bonds is 5. The summed E-state index contributed by atoms with van der Waals surface area (Å²) in [6.45, 7) is 1.59. The van der Waals surface area contributed by atoms with Gasteiger partial charge in [0.2, 0.25) is 0 Å². The number of carbonyl (C=O) groups excluding carboxylic acids is 1. The van der Waals surface area contributed by atoms with E-state index in [2.05, 4.69) is 0 Å². The van der Waals surface area contributed by atoms with Crippen molar-refractivity contribution in [3.05, 3.63) is 76.8 Å². The highest BCUT2D eigenvalue weighted by Gasteiger charge is 2.18. The molecule has 0 aliphatic carbocycles. The van der Waals surface area contributed by atoms with E-state index in [9.17, 15) is 14.9 Å². The fourth-order valence-corrected chi connectivity index (χ4v) is 2.33. The topological polar surface area (TPSA) is 78.7 Å². The molecular weight excluding hydrogens is 322 g/mol. The van der Waals surface area contributed by atoms with Gasteiger partial charge in [-0.05, 0) is 42.0 Å². The number of hydrogen-bond acceptors (Lipinski definition) is 5. The molecule has 0 aromatic heterocycles. The van der Waals surface area contributed by atoms with Crippen LogP contribution in [-0.2, 0) is 4.79 Å². The molecule has 0 aliphatic heterocycles. The highest BCUT2D eigenvalue weighted by Crippen LogP contribution is 2.22. The zero-order valence-electron chi connectivity index (χ0n) is 13.4. The smallest absolute Gasteiger partial charge is 0.352 e. The predicted octanol–water partition coefficient (Wildman–Crippen LogP) is 4.12. The Kier molecular flexibility index (Phi) is 4.61. The number of hydrogen-bond donors (Lipinski definition) is 0. The molecule has 3 rings (SSSR count). The molecule has 1 atom stereocenters. The van der Waals surface area contributed by atoms with E-state index in [4.69, 9.17) is 9.47 Å². The standard InChI is InChI=1S/C19H15NO5/c1-13(19(21)25-17-10-7-16(8-11-17)20(22)23)24-18-9-6-14-4-2-3-5-15(14)12-18/h2-13H,1H3. The Hall–Kier alpha value is -3.41. The molecule has 0 fully saturated rings. The summed E-state index contributed by atoms with van der Waals surface area (Å²) < 4.78 is 10.8. The summed E-state index contributed by atoms with van der Waals surface area (Å²) in [6.07, 6.45) is -0.823. The number of nitro groups is 1. The first-order valence-electron chi connectivity index (χ1n) is 7.64. The lowest BCUT2D eigenvalue weighted by Crippen LogP contribution is -2.28. The van der Waals surface area contributed by atoms with Gasteiger partial charge in [-0.1, -0.05) is 30.3 Å². The van der Waals surface area contributed by atoms with E-state index in [0.29, 0.717) is 5.75 Å². The van der Waals surface area contributed by atoms with Crippen LogP contribution in [0.4, 0.5) is 5.69 Å². The number of carbonyl (C=O) groups is 1. The Balaban J connectivity index is 1.66. The maximum absolute atomic E-state index is 12.1. The Bertz CT molecular complexity index is 921. The van der Waals surface area contributed by atoms with Gasteiger partial charge in [0.1, 0.15) is 11.5 Å². The Morgan fingerprint density at radius 2 is 1.60 bits per heavy atom. The van der Waals surface area contributed by atoms with Crippen molar-refractivity contribution in [2.24, 2.45) is 0 Å². The highest BCUT2D eigenvalue weighted by molar-refractivity contribution is 5.84. The number of ether oxygens (including phenoxy) is 2. The minimum Gasteiger partial charge on any atom is -0.479 e. The summed E-state index contributed by atoms with van der Waals surface area (Å²) in [7, 11) is 0. The van der Waals surface area contributed by atoms with E-state index < -0.39 is 17.0 Å². The number of esters is 1. The molecule has 0 saturated carbocycles. The quantitative estimate of drug-likeness (QED) is 0.303. The van der Waals surface area contributed by atoms with Crippen LogP contribution in [0.1, 0.15) is 6.92 Å². The van der Waals surface area contributed by atoms with Gasteiger partial charge in [0.05, 0.1) is 4.92 Å². The van der Waals surface area contributed by atoms with Crippen molar-refractivity contribution >= 4 is 22.4 Å². The molecule has 25 heavy (non-hydrogen) atoms. The third kappa shape index (κ3) is 3.92. The SMILES string of the molecule is CC(Oc1ccc2ccccc2c1)C(=O)Oc1ccc([N+](=O)[O-])cc1. The van der Waals surface area contributed by atoms with Crippen LogP contribution in [0.2, 0.25) is 0 Å². The zero-order chi connectivity index (χ0) is 17.8. The van der Waals surface area contributed by atoms with Gasteiger partial charge in [-0.2, -0.15) is 0 Å². The molecular formula is C19H15NO5. The van der Waals surface area contributed by atoms with Crippen LogP contribution >= 0.6 is 0 Å². The Labute approximate surface area is 143 Å². The molecule has 6 heteroatoms. The molecule has 3 aromatic carbocycles. The third-order valence-corrected chi connectivity index (χ3v) is 3.63. The largest absolute Gasteiger partial charge is 0.479 e. The summed E-state index contributed by atoms with van der Waals surface area (Å²) in [5.41, 5.74) is -0.0692. The van der Waals surface area contributed by atoms with Crippen LogP contribution in [0.5, 0.6) is 11.5 Å². The van der Waals surface area contributed by atoms with Crippen LogP contribution in [-0.4, -0.2) is 17.0 Å². The van der Waals surface area contributed by atoms with Crippen molar-refractivity contribution in [2.75, 3.05) is 0 Å². The van der Waals surface area contributed by atoms with E-state index in [1.807, 2.05) is 36.4 Å². The summed E-state index contributed by atoms with van der Waals surface area (Å²) in [5, 5.41) is 12.7. The van der Waals surface area contributed by atoms with Crippen LogP contribution < -0.4 is 9.47 Å². The summed E-state index contributed by atoms with van der Waals surface area (Å²) in [4.78, 5) is 22.2. The molecule has 0 heterocycles. The molecule has 126 valence electrons. The van der Waals surface area contributed by atoms with Gasteiger partial charge in [-0.3, -0.25) is 10.1 Å². The number of benzene rings is 3. The van der Waals surface area contributed by atoms with E-state index >= 15 is 0 Å². The van der Waals surface area contributed by atoms with E-state index in [-0.39, 0.29) is 11.4 Å². The molecule has 0 saturated heterocycles. The van der Waals surface area contributed by atoms with Crippen LogP contribution in [0.3, 0.4) is 0 Å². The minimum absolute atomic E-state index is 0.0692. The normalized spacial score (nSPS) is 11.7. The van der Waals surface area contributed by atoms with Gasteiger partial charge in [0, 0.05) is 12.1 Å². The molecule has 0 radical (unpaired) electrons. The first-order chi connectivity index (χ1) is 12.0. The average Bonchev–Trinajstić information content (AvgIpc) is 2.62. The number of nitrogens with zero attached hydrogens (tertiary/aromatic N) is 1. The molecule has 1 unspecified atom stereocenters. The molecule has 0 aliphatic rings. The van der Waals surface area contributed by atoms with Gasteiger partial charge in [0.25, 0.3) is 5.69 Å². The first-order valence-corrected chi connectivity index (χ1v) is 7.64. The summed E-state index contributed by atoms with van der Waals surface area (Å²) >= 11 is 0. The molecule has 3 aromatic rings. The van der Waals surface area contributed by atoms with Crippen LogP contribution in [0, 0.1) is 10.1 Å². The van der Waals surface area contributed by atoms with Crippen molar-refractivity contribution in [3.8, 4) is 11.5 Å². The fraction of sp³-hybridized carbons (Fsp3) is 0.105. The highest BCUT2D eigenvalue weighted by atomic mass is 16.6. The monoisotopic (exact) mass is 337 g/mol. The van der Waals surface area contributed by atoms with Crippen molar-refractivity contribution in [2.45, 2.75) is 13.0 Å². The lowest BCUT2D eigenvalue weighted by atomic mass is 10.1. The second-order valence-electron chi connectivity index (χ2n) is 5.44.